The highest BCUT2D eigenvalue weighted by Gasteiger charge is 2.41. The number of benzene rings is 1. The zero-order valence-corrected chi connectivity index (χ0v) is 18.3. The van der Waals surface area contributed by atoms with Crippen molar-refractivity contribution in [3.8, 4) is 0 Å². The molecule has 30 heavy (non-hydrogen) atoms. The van der Waals surface area contributed by atoms with Crippen LogP contribution in [-0.4, -0.2) is 35.6 Å². The van der Waals surface area contributed by atoms with Crippen LogP contribution >= 0.6 is 0 Å². The molecule has 1 aromatic heterocycles. The molecule has 2 N–H and O–H groups in total. The van der Waals surface area contributed by atoms with Gasteiger partial charge in [0.2, 0.25) is 5.90 Å². The van der Waals surface area contributed by atoms with Crippen LogP contribution in [0.15, 0.2) is 58.0 Å². The van der Waals surface area contributed by atoms with Gasteiger partial charge in [0.1, 0.15) is 6.61 Å². The minimum absolute atomic E-state index is 0.299. The summed E-state index contributed by atoms with van der Waals surface area (Å²) in [6.45, 7) is 10.8. The Balaban J connectivity index is 1.97. The average molecular weight is 408 g/mol. The molecule has 0 bridgehead atoms. The van der Waals surface area contributed by atoms with E-state index in [0.29, 0.717) is 24.7 Å². The third-order valence-electron chi connectivity index (χ3n) is 5.62. The number of carbonyl (C=O) groups is 1. The fourth-order valence-electron chi connectivity index (χ4n) is 4.27. The standard InChI is InChI=1S/C24H29N3O3/c1-6-17-21(22-27-24(4,5)13-30-22)20(19(14(3)26-17)23(28)29-7-2)16-12-25-18-11-9-8-10-15(16)18/h8-12,20,25-26H,6-7,13H2,1-5H3. The van der Waals surface area contributed by atoms with Gasteiger partial charge in [-0.1, -0.05) is 25.1 Å². The Morgan fingerprint density at radius 1 is 1.30 bits per heavy atom. The Hall–Kier alpha value is -3.02. The number of dihydropyridines is 1. The second kappa shape index (κ2) is 7.67. The Morgan fingerprint density at radius 3 is 2.73 bits per heavy atom. The highest BCUT2D eigenvalue weighted by molar-refractivity contribution is 6.04. The normalized spacial score (nSPS) is 20.8. The number of hydrogen-bond donors (Lipinski definition) is 2. The third kappa shape index (κ3) is 3.40. The molecule has 6 nitrogen and oxygen atoms in total. The monoisotopic (exact) mass is 407 g/mol. The van der Waals surface area contributed by atoms with Gasteiger partial charge in [-0.15, -0.1) is 0 Å². The molecule has 2 aliphatic rings. The highest BCUT2D eigenvalue weighted by Crippen LogP contribution is 2.43. The van der Waals surface area contributed by atoms with Crippen LogP contribution in [0.4, 0.5) is 0 Å². The molecule has 2 aromatic rings. The van der Waals surface area contributed by atoms with Gasteiger partial charge < -0.3 is 19.8 Å². The molecule has 1 aromatic carbocycles. The van der Waals surface area contributed by atoms with Crippen molar-refractivity contribution in [1.29, 1.82) is 0 Å². The summed E-state index contributed by atoms with van der Waals surface area (Å²) in [5.74, 6) is -0.0405. The summed E-state index contributed by atoms with van der Waals surface area (Å²) >= 11 is 0. The fourth-order valence-corrected chi connectivity index (χ4v) is 4.27. The van der Waals surface area contributed by atoms with Crippen LogP contribution in [0.2, 0.25) is 0 Å². The van der Waals surface area contributed by atoms with E-state index in [1.165, 1.54) is 0 Å². The highest BCUT2D eigenvalue weighted by atomic mass is 16.5. The molecule has 6 heteroatoms. The molecule has 0 saturated carbocycles. The van der Waals surface area contributed by atoms with Crippen molar-refractivity contribution in [2.24, 2.45) is 4.99 Å². The number of para-hydroxylation sites is 1. The molecule has 0 aliphatic carbocycles. The van der Waals surface area contributed by atoms with Crippen molar-refractivity contribution < 1.29 is 14.3 Å². The zero-order valence-electron chi connectivity index (χ0n) is 18.3. The van der Waals surface area contributed by atoms with Crippen molar-refractivity contribution in [3.63, 3.8) is 0 Å². The lowest BCUT2D eigenvalue weighted by Gasteiger charge is -2.31. The maximum absolute atomic E-state index is 13.1. The van der Waals surface area contributed by atoms with Crippen LogP contribution in [0.5, 0.6) is 0 Å². The molecule has 1 atom stereocenters. The van der Waals surface area contributed by atoms with Crippen molar-refractivity contribution in [2.45, 2.75) is 52.5 Å². The number of aliphatic imine (C=N–C) groups is 1. The molecule has 0 amide bonds. The second-order valence-electron chi connectivity index (χ2n) is 8.37. The van der Waals surface area contributed by atoms with E-state index in [2.05, 4.69) is 37.1 Å². The SMILES string of the molecule is CCOC(=O)C1=C(C)NC(CC)=C(C2=NC(C)(C)CO2)C1c1c[nH]c2ccccc12. The first-order valence-electron chi connectivity index (χ1n) is 10.5. The quantitative estimate of drug-likeness (QED) is 0.712. The lowest BCUT2D eigenvalue weighted by Crippen LogP contribution is -2.32. The molecule has 3 heterocycles. The molecule has 0 spiro atoms. The number of aromatic nitrogens is 1. The number of carbonyl (C=O) groups excluding carboxylic acids is 1. The molecule has 4 rings (SSSR count). The largest absolute Gasteiger partial charge is 0.475 e. The van der Waals surface area contributed by atoms with Crippen molar-refractivity contribution in [2.75, 3.05) is 13.2 Å². The van der Waals surface area contributed by atoms with Gasteiger partial charge in [-0.05, 0) is 45.7 Å². The Labute approximate surface area is 177 Å². The van der Waals surface area contributed by atoms with E-state index in [4.69, 9.17) is 14.5 Å². The molecular weight excluding hydrogens is 378 g/mol. The average Bonchev–Trinajstić information content (AvgIpc) is 3.29. The van der Waals surface area contributed by atoms with Gasteiger partial charge in [-0.3, -0.25) is 0 Å². The van der Waals surface area contributed by atoms with Gasteiger partial charge in [0, 0.05) is 34.1 Å². The molecule has 0 radical (unpaired) electrons. The van der Waals surface area contributed by atoms with Gasteiger partial charge in [-0.2, -0.15) is 0 Å². The molecule has 2 aliphatic heterocycles. The second-order valence-corrected chi connectivity index (χ2v) is 8.37. The summed E-state index contributed by atoms with van der Waals surface area (Å²) in [4.78, 5) is 21.3. The van der Waals surface area contributed by atoms with Crippen LogP contribution in [0, 0.1) is 0 Å². The molecule has 1 unspecified atom stereocenters. The topological polar surface area (TPSA) is 75.7 Å². The maximum atomic E-state index is 13.1. The number of aromatic amines is 1. The lowest BCUT2D eigenvalue weighted by atomic mass is 9.79. The number of allylic oxidation sites excluding steroid dienone is 2. The first-order valence-corrected chi connectivity index (χ1v) is 10.5. The van der Waals surface area contributed by atoms with Crippen LogP contribution in [0.3, 0.4) is 0 Å². The minimum Gasteiger partial charge on any atom is -0.475 e. The number of hydrogen-bond acceptors (Lipinski definition) is 5. The molecular formula is C24H29N3O3. The minimum atomic E-state index is -0.330. The third-order valence-corrected chi connectivity index (χ3v) is 5.62. The van der Waals surface area contributed by atoms with E-state index in [0.717, 1.165) is 39.9 Å². The van der Waals surface area contributed by atoms with E-state index < -0.39 is 0 Å². The van der Waals surface area contributed by atoms with Gasteiger partial charge in [0.15, 0.2) is 0 Å². The van der Waals surface area contributed by atoms with Gasteiger partial charge >= 0.3 is 5.97 Å². The van der Waals surface area contributed by atoms with Gasteiger partial charge in [0.05, 0.1) is 23.6 Å². The van der Waals surface area contributed by atoms with Crippen molar-refractivity contribution >= 4 is 22.8 Å². The van der Waals surface area contributed by atoms with E-state index in [-0.39, 0.29) is 17.4 Å². The summed E-state index contributed by atoms with van der Waals surface area (Å²) in [6, 6.07) is 8.13. The van der Waals surface area contributed by atoms with E-state index in [1.54, 1.807) is 0 Å². The molecule has 158 valence electrons. The summed E-state index contributed by atoms with van der Waals surface area (Å²) in [7, 11) is 0. The number of fused-ring (bicyclic) bond motifs is 1. The Morgan fingerprint density at radius 2 is 2.07 bits per heavy atom. The Kier molecular flexibility index (Phi) is 5.18. The number of rotatable bonds is 5. The van der Waals surface area contributed by atoms with Crippen LogP contribution in [0.1, 0.15) is 52.5 Å². The Bertz CT molecular complexity index is 1090. The fraction of sp³-hybridized carbons (Fsp3) is 0.417. The van der Waals surface area contributed by atoms with Crippen molar-refractivity contribution in [3.05, 3.63) is 58.6 Å². The predicted octanol–water partition coefficient (Wildman–Crippen LogP) is 4.56. The van der Waals surface area contributed by atoms with Crippen LogP contribution in [-0.2, 0) is 14.3 Å². The predicted molar refractivity (Wildman–Crippen MR) is 118 cm³/mol. The molecule has 0 fully saturated rings. The first kappa shape index (κ1) is 20.3. The molecule has 0 saturated heterocycles. The number of nitrogens with one attached hydrogen (secondary N) is 2. The van der Waals surface area contributed by atoms with Gasteiger partial charge in [-0.25, -0.2) is 9.79 Å². The first-order chi connectivity index (χ1) is 14.4. The summed E-state index contributed by atoms with van der Waals surface area (Å²) in [5.41, 5.74) is 5.10. The maximum Gasteiger partial charge on any atom is 0.336 e. The number of H-pyrrole nitrogens is 1. The smallest absolute Gasteiger partial charge is 0.336 e. The van der Waals surface area contributed by atoms with E-state index in [9.17, 15) is 4.79 Å². The number of nitrogens with zero attached hydrogens (tertiary/aromatic N) is 1. The summed E-state index contributed by atoms with van der Waals surface area (Å²) in [5, 5.41) is 4.51. The summed E-state index contributed by atoms with van der Waals surface area (Å²) in [6.07, 6.45) is 2.76. The van der Waals surface area contributed by atoms with Crippen LogP contribution in [0.25, 0.3) is 10.9 Å². The number of ether oxygens (including phenoxy) is 2. The van der Waals surface area contributed by atoms with E-state index >= 15 is 0 Å². The number of esters is 1. The summed E-state index contributed by atoms with van der Waals surface area (Å²) < 4.78 is 11.5. The zero-order chi connectivity index (χ0) is 21.5. The van der Waals surface area contributed by atoms with Crippen LogP contribution < -0.4 is 5.32 Å². The lowest BCUT2D eigenvalue weighted by molar-refractivity contribution is -0.138. The van der Waals surface area contributed by atoms with E-state index in [1.807, 2.05) is 38.2 Å². The van der Waals surface area contributed by atoms with Crippen molar-refractivity contribution in [1.82, 2.24) is 10.3 Å². The van der Waals surface area contributed by atoms with Gasteiger partial charge in [0.25, 0.3) is 0 Å².